The SMILES string of the molecule is CNCC1CCCN(C2CCCc3ccccc32)C1.Cl. The highest BCUT2D eigenvalue weighted by molar-refractivity contribution is 5.85. The van der Waals surface area contributed by atoms with Gasteiger partial charge in [-0.3, -0.25) is 4.90 Å². The van der Waals surface area contributed by atoms with Crippen molar-refractivity contribution in [3.8, 4) is 0 Å². The standard InChI is InChI=1S/C17H26N2.ClH/c1-18-12-14-6-5-11-19(13-14)17-10-4-8-15-7-2-3-9-16(15)17;/h2-3,7,9,14,17-18H,4-6,8,10-13H2,1H3;1H. The van der Waals surface area contributed by atoms with Gasteiger partial charge in [0.2, 0.25) is 0 Å². The summed E-state index contributed by atoms with van der Waals surface area (Å²) in [6.07, 6.45) is 6.75. The molecular formula is C17H27ClN2. The summed E-state index contributed by atoms with van der Waals surface area (Å²) in [6, 6.07) is 9.79. The summed E-state index contributed by atoms with van der Waals surface area (Å²) < 4.78 is 0. The Hall–Kier alpha value is -0.570. The number of hydrogen-bond donors (Lipinski definition) is 1. The van der Waals surface area contributed by atoms with Gasteiger partial charge in [-0.1, -0.05) is 24.3 Å². The number of fused-ring (bicyclic) bond motifs is 1. The number of aryl methyl sites for hydroxylation is 1. The molecule has 1 aromatic rings. The molecule has 3 rings (SSSR count). The van der Waals surface area contributed by atoms with E-state index in [0.29, 0.717) is 6.04 Å². The molecule has 0 radical (unpaired) electrons. The summed E-state index contributed by atoms with van der Waals surface area (Å²) in [5, 5.41) is 3.35. The topological polar surface area (TPSA) is 15.3 Å². The van der Waals surface area contributed by atoms with E-state index in [9.17, 15) is 0 Å². The fourth-order valence-electron chi connectivity index (χ4n) is 3.94. The first-order chi connectivity index (χ1) is 9.38. The molecule has 0 saturated carbocycles. The van der Waals surface area contributed by atoms with E-state index in [2.05, 4.69) is 41.5 Å². The molecule has 1 aliphatic carbocycles. The number of benzene rings is 1. The highest BCUT2D eigenvalue weighted by Gasteiger charge is 2.29. The Morgan fingerprint density at radius 1 is 1.20 bits per heavy atom. The molecule has 3 heteroatoms. The number of nitrogens with zero attached hydrogens (tertiary/aromatic N) is 1. The van der Waals surface area contributed by atoms with Crippen LogP contribution in [0.2, 0.25) is 0 Å². The van der Waals surface area contributed by atoms with E-state index in [-0.39, 0.29) is 12.4 Å². The fourth-order valence-corrected chi connectivity index (χ4v) is 3.94. The monoisotopic (exact) mass is 294 g/mol. The first-order valence-electron chi connectivity index (χ1n) is 7.85. The van der Waals surface area contributed by atoms with Gasteiger partial charge < -0.3 is 5.32 Å². The van der Waals surface area contributed by atoms with E-state index in [1.807, 2.05) is 0 Å². The van der Waals surface area contributed by atoms with Crippen molar-refractivity contribution in [2.45, 2.75) is 38.1 Å². The lowest BCUT2D eigenvalue weighted by molar-refractivity contribution is 0.111. The second-order valence-electron chi connectivity index (χ2n) is 6.17. The highest BCUT2D eigenvalue weighted by atomic mass is 35.5. The van der Waals surface area contributed by atoms with Crippen LogP contribution in [-0.2, 0) is 6.42 Å². The zero-order valence-electron chi connectivity index (χ0n) is 12.5. The second-order valence-corrected chi connectivity index (χ2v) is 6.17. The third-order valence-corrected chi connectivity index (χ3v) is 4.82. The van der Waals surface area contributed by atoms with Crippen molar-refractivity contribution in [1.82, 2.24) is 10.2 Å². The molecule has 0 bridgehead atoms. The Morgan fingerprint density at radius 3 is 2.90 bits per heavy atom. The van der Waals surface area contributed by atoms with Crippen LogP contribution in [0.3, 0.4) is 0 Å². The smallest absolute Gasteiger partial charge is 0.0351 e. The van der Waals surface area contributed by atoms with Crippen LogP contribution in [0.15, 0.2) is 24.3 Å². The Bertz CT molecular complexity index is 419. The van der Waals surface area contributed by atoms with Gasteiger partial charge in [-0.05, 0) is 69.3 Å². The maximum atomic E-state index is 3.35. The molecule has 2 atom stereocenters. The molecule has 1 N–H and O–H groups in total. The summed E-state index contributed by atoms with van der Waals surface area (Å²) in [5.41, 5.74) is 3.20. The van der Waals surface area contributed by atoms with Crippen LogP contribution in [0.25, 0.3) is 0 Å². The lowest BCUT2D eigenvalue weighted by atomic mass is 9.85. The fraction of sp³-hybridized carbons (Fsp3) is 0.647. The Labute approximate surface area is 129 Å². The summed E-state index contributed by atoms with van der Waals surface area (Å²) in [4.78, 5) is 2.75. The molecule has 2 unspecified atom stereocenters. The second kappa shape index (κ2) is 7.44. The number of likely N-dealkylation sites (tertiary alicyclic amines) is 1. The molecule has 1 fully saturated rings. The van der Waals surface area contributed by atoms with Gasteiger partial charge in [0.1, 0.15) is 0 Å². The minimum atomic E-state index is 0. The minimum absolute atomic E-state index is 0. The van der Waals surface area contributed by atoms with Gasteiger partial charge in [0.25, 0.3) is 0 Å². The van der Waals surface area contributed by atoms with Crippen LogP contribution in [0.5, 0.6) is 0 Å². The maximum absolute atomic E-state index is 3.35. The Morgan fingerprint density at radius 2 is 2.05 bits per heavy atom. The predicted octanol–water partition coefficient (Wildman–Crippen LogP) is 3.42. The van der Waals surface area contributed by atoms with Gasteiger partial charge in [0, 0.05) is 12.6 Å². The first kappa shape index (κ1) is 15.8. The molecule has 1 heterocycles. The van der Waals surface area contributed by atoms with Crippen LogP contribution >= 0.6 is 12.4 Å². The van der Waals surface area contributed by atoms with Gasteiger partial charge >= 0.3 is 0 Å². The number of piperidine rings is 1. The van der Waals surface area contributed by atoms with Gasteiger partial charge in [0.15, 0.2) is 0 Å². The van der Waals surface area contributed by atoms with Gasteiger partial charge in [-0.2, -0.15) is 0 Å². The number of halogens is 1. The van der Waals surface area contributed by atoms with Gasteiger partial charge in [0.05, 0.1) is 0 Å². The third-order valence-electron chi connectivity index (χ3n) is 4.82. The Kier molecular flexibility index (Phi) is 5.88. The quantitative estimate of drug-likeness (QED) is 0.919. The summed E-state index contributed by atoms with van der Waals surface area (Å²) >= 11 is 0. The van der Waals surface area contributed by atoms with E-state index >= 15 is 0 Å². The van der Waals surface area contributed by atoms with Gasteiger partial charge in [-0.25, -0.2) is 0 Å². The number of nitrogens with one attached hydrogen (secondary N) is 1. The summed E-state index contributed by atoms with van der Waals surface area (Å²) in [5.74, 6) is 0.841. The zero-order valence-corrected chi connectivity index (χ0v) is 13.3. The van der Waals surface area contributed by atoms with Crippen molar-refractivity contribution in [2.24, 2.45) is 5.92 Å². The average Bonchev–Trinajstić information content (AvgIpc) is 2.47. The molecule has 2 aliphatic rings. The lowest BCUT2D eigenvalue weighted by Crippen LogP contribution is -2.42. The molecule has 0 amide bonds. The molecule has 1 saturated heterocycles. The van der Waals surface area contributed by atoms with Crippen molar-refractivity contribution in [2.75, 3.05) is 26.7 Å². The average molecular weight is 295 g/mol. The van der Waals surface area contributed by atoms with Crippen LogP contribution in [0.4, 0.5) is 0 Å². The molecule has 2 nitrogen and oxygen atoms in total. The van der Waals surface area contributed by atoms with Crippen LogP contribution in [0, 0.1) is 5.92 Å². The minimum Gasteiger partial charge on any atom is -0.319 e. The van der Waals surface area contributed by atoms with E-state index in [0.717, 1.165) is 5.92 Å². The van der Waals surface area contributed by atoms with E-state index in [4.69, 9.17) is 0 Å². The van der Waals surface area contributed by atoms with Crippen molar-refractivity contribution in [3.63, 3.8) is 0 Å². The van der Waals surface area contributed by atoms with Crippen LogP contribution in [0.1, 0.15) is 42.9 Å². The molecule has 1 aromatic carbocycles. The van der Waals surface area contributed by atoms with E-state index < -0.39 is 0 Å². The van der Waals surface area contributed by atoms with Crippen molar-refractivity contribution in [3.05, 3.63) is 35.4 Å². The number of rotatable bonds is 3. The molecule has 1 aliphatic heterocycles. The molecule has 0 aromatic heterocycles. The molecule has 112 valence electrons. The van der Waals surface area contributed by atoms with E-state index in [1.165, 1.54) is 51.7 Å². The Balaban J connectivity index is 0.00000147. The zero-order chi connectivity index (χ0) is 13.1. The number of hydrogen-bond acceptors (Lipinski definition) is 2. The van der Waals surface area contributed by atoms with Gasteiger partial charge in [-0.15, -0.1) is 12.4 Å². The van der Waals surface area contributed by atoms with Crippen LogP contribution in [-0.4, -0.2) is 31.6 Å². The van der Waals surface area contributed by atoms with Crippen molar-refractivity contribution in [1.29, 1.82) is 0 Å². The van der Waals surface area contributed by atoms with Crippen molar-refractivity contribution < 1.29 is 0 Å². The summed E-state index contributed by atoms with van der Waals surface area (Å²) in [7, 11) is 2.08. The van der Waals surface area contributed by atoms with Crippen molar-refractivity contribution >= 4 is 12.4 Å². The lowest BCUT2D eigenvalue weighted by Gasteiger charge is -2.41. The summed E-state index contributed by atoms with van der Waals surface area (Å²) in [6.45, 7) is 3.74. The molecule has 0 spiro atoms. The normalized spacial score (nSPS) is 26.6. The molecule has 20 heavy (non-hydrogen) atoms. The van der Waals surface area contributed by atoms with E-state index in [1.54, 1.807) is 11.1 Å². The van der Waals surface area contributed by atoms with Crippen LogP contribution < -0.4 is 5.32 Å². The largest absolute Gasteiger partial charge is 0.319 e. The highest BCUT2D eigenvalue weighted by Crippen LogP contribution is 2.36. The predicted molar refractivity (Wildman–Crippen MR) is 87.6 cm³/mol. The first-order valence-corrected chi connectivity index (χ1v) is 7.85. The molecular weight excluding hydrogens is 268 g/mol. The maximum Gasteiger partial charge on any atom is 0.0351 e. The third kappa shape index (κ3) is 3.36.